The van der Waals surface area contributed by atoms with Crippen molar-refractivity contribution < 1.29 is 24.3 Å². The predicted molar refractivity (Wildman–Crippen MR) is 128 cm³/mol. The number of carboxylic acids is 1. The van der Waals surface area contributed by atoms with E-state index in [2.05, 4.69) is 10.6 Å². The Kier molecular flexibility index (Phi) is 9.02. The summed E-state index contributed by atoms with van der Waals surface area (Å²) in [5, 5.41) is 14.3. The standard InChI is InChI=1S/C23H25N3O5S.Na.H/c1-12-6-5-7-13(2)20(12)18-9-8-17(32-18)15(11-19(28)29)24-23(31)25-21-16(27)10-14(3)26(4)22(21)30;;/h5-10,15,21H,11H2,1-4H3,(H,28,29)(H2,24,25,31);;. The fourth-order valence-electron chi connectivity index (χ4n) is 3.61. The summed E-state index contributed by atoms with van der Waals surface area (Å²) in [6.07, 6.45) is 0.947. The molecule has 1 aliphatic heterocycles. The number of allylic oxidation sites excluding steroid dienone is 1. The van der Waals surface area contributed by atoms with Gasteiger partial charge in [0, 0.05) is 28.6 Å². The molecule has 2 heterocycles. The van der Waals surface area contributed by atoms with Crippen LogP contribution in [0, 0.1) is 13.8 Å². The van der Waals surface area contributed by atoms with E-state index in [1.54, 1.807) is 13.0 Å². The number of amides is 3. The van der Waals surface area contributed by atoms with Gasteiger partial charge in [0.05, 0.1) is 12.5 Å². The SMILES string of the molecule is CC1=CC(=O)C(NC(=O)NC(CC(=O)O)c2ccc(-c3c(C)cccc3C)s2)C(=O)N1C.[NaH]. The summed E-state index contributed by atoms with van der Waals surface area (Å²) in [4.78, 5) is 51.5. The summed E-state index contributed by atoms with van der Waals surface area (Å²) in [6, 6.07) is 6.73. The Morgan fingerprint density at radius 2 is 1.76 bits per heavy atom. The Labute approximate surface area is 218 Å². The Balaban J connectivity index is 0.00000385. The Bertz CT molecular complexity index is 1110. The summed E-state index contributed by atoms with van der Waals surface area (Å²) in [5.74, 6) is -2.15. The number of benzene rings is 1. The molecule has 0 spiro atoms. The number of aryl methyl sites for hydroxylation is 2. The first-order valence-electron chi connectivity index (χ1n) is 10.0. The first-order valence-corrected chi connectivity index (χ1v) is 10.8. The van der Waals surface area contributed by atoms with Crippen LogP contribution in [-0.4, -0.2) is 76.3 Å². The van der Waals surface area contributed by atoms with Gasteiger partial charge in [-0.2, -0.15) is 0 Å². The van der Waals surface area contributed by atoms with Gasteiger partial charge < -0.3 is 20.6 Å². The fraction of sp³-hybridized carbons (Fsp3) is 0.304. The topological polar surface area (TPSA) is 116 Å². The first kappa shape index (κ1) is 26.8. The van der Waals surface area contributed by atoms with Crippen LogP contribution in [0.3, 0.4) is 0 Å². The average molecular weight is 480 g/mol. The number of carbonyl (C=O) groups is 4. The molecule has 10 heteroatoms. The van der Waals surface area contributed by atoms with Crippen molar-refractivity contribution >= 4 is 64.6 Å². The normalized spacial score (nSPS) is 16.5. The van der Waals surface area contributed by atoms with Gasteiger partial charge in [0.2, 0.25) is 0 Å². The van der Waals surface area contributed by atoms with E-state index in [1.807, 2.05) is 38.1 Å². The molecular formula is C23H26N3NaO5S. The molecule has 2 aromatic rings. The number of hydrogen-bond donors (Lipinski definition) is 3. The van der Waals surface area contributed by atoms with E-state index < -0.39 is 35.8 Å². The molecule has 3 rings (SSSR count). The number of nitrogens with zero attached hydrogens (tertiary/aromatic N) is 1. The van der Waals surface area contributed by atoms with Crippen LogP contribution >= 0.6 is 11.3 Å². The minimum atomic E-state index is -1.34. The van der Waals surface area contributed by atoms with Crippen molar-refractivity contribution in [1.29, 1.82) is 0 Å². The number of ketones is 1. The second-order valence-electron chi connectivity index (χ2n) is 7.76. The number of carbonyl (C=O) groups excluding carboxylic acids is 3. The van der Waals surface area contributed by atoms with Crippen molar-refractivity contribution in [2.24, 2.45) is 0 Å². The third-order valence-corrected chi connectivity index (χ3v) is 6.62. The van der Waals surface area contributed by atoms with Crippen LogP contribution in [0.15, 0.2) is 42.1 Å². The molecule has 0 saturated carbocycles. The number of rotatable bonds is 6. The number of hydrogen-bond acceptors (Lipinski definition) is 5. The summed E-state index contributed by atoms with van der Waals surface area (Å²) in [6.45, 7) is 5.64. The van der Waals surface area contributed by atoms with Crippen LogP contribution in [0.1, 0.15) is 35.4 Å². The number of nitrogens with one attached hydrogen (secondary N) is 2. The molecule has 3 N–H and O–H groups in total. The zero-order valence-electron chi connectivity index (χ0n) is 18.3. The molecule has 1 aromatic heterocycles. The average Bonchev–Trinajstić information content (AvgIpc) is 3.18. The van der Waals surface area contributed by atoms with Gasteiger partial charge in [-0.1, -0.05) is 18.2 Å². The van der Waals surface area contributed by atoms with Gasteiger partial charge in [-0.15, -0.1) is 11.3 Å². The molecular weight excluding hydrogens is 453 g/mol. The fourth-order valence-corrected chi connectivity index (χ4v) is 4.85. The van der Waals surface area contributed by atoms with Crippen molar-refractivity contribution in [2.45, 2.75) is 39.3 Å². The molecule has 0 bridgehead atoms. The molecule has 0 fully saturated rings. The molecule has 8 nitrogen and oxygen atoms in total. The van der Waals surface area contributed by atoms with E-state index in [4.69, 9.17) is 0 Å². The van der Waals surface area contributed by atoms with Gasteiger partial charge in [0.1, 0.15) is 0 Å². The van der Waals surface area contributed by atoms with E-state index in [1.165, 1.54) is 29.4 Å². The second kappa shape index (κ2) is 11.1. The van der Waals surface area contributed by atoms with Crippen LogP contribution < -0.4 is 10.6 Å². The number of aliphatic carboxylic acids is 1. The van der Waals surface area contributed by atoms with Crippen molar-refractivity contribution in [1.82, 2.24) is 15.5 Å². The summed E-state index contributed by atoms with van der Waals surface area (Å²) in [7, 11) is 1.52. The number of carboxylic acid groups (broad SMARTS) is 1. The minimum absolute atomic E-state index is 0. The quantitative estimate of drug-likeness (QED) is 0.435. The van der Waals surface area contributed by atoms with Crippen LogP contribution in [0.5, 0.6) is 0 Å². The first-order chi connectivity index (χ1) is 15.1. The molecule has 170 valence electrons. The molecule has 3 amide bonds. The molecule has 0 radical (unpaired) electrons. The van der Waals surface area contributed by atoms with Crippen molar-refractivity contribution in [3.05, 3.63) is 58.1 Å². The van der Waals surface area contributed by atoms with E-state index in [9.17, 15) is 24.3 Å². The van der Waals surface area contributed by atoms with Gasteiger partial charge in [0.25, 0.3) is 5.91 Å². The van der Waals surface area contributed by atoms with Crippen LogP contribution in [0.25, 0.3) is 10.4 Å². The monoisotopic (exact) mass is 479 g/mol. The van der Waals surface area contributed by atoms with Gasteiger partial charge in [-0.05, 0) is 49.6 Å². The zero-order valence-corrected chi connectivity index (χ0v) is 19.1. The van der Waals surface area contributed by atoms with Crippen LogP contribution in [-0.2, 0) is 14.4 Å². The molecule has 0 aliphatic carbocycles. The van der Waals surface area contributed by atoms with Crippen LogP contribution in [0.2, 0.25) is 0 Å². The summed E-state index contributed by atoms with van der Waals surface area (Å²) < 4.78 is 0. The molecule has 1 aliphatic rings. The molecule has 1 aromatic carbocycles. The van der Waals surface area contributed by atoms with Gasteiger partial charge in [-0.3, -0.25) is 14.4 Å². The van der Waals surface area contributed by atoms with Crippen molar-refractivity contribution in [3.8, 4) is 10.4 Å². The maximum atomic E-state index is 12.6. The van der Waals surface area contributed by atoms with Gasteiger partial charge in [0.15, 0.2) is 11.8 Å². The summed E-state index contributed by atoms with van der Waals surface area (Å²) >= 11 is 1.40. The molecule has 33 heavy (non-hydrogen) atoms. The molecule has 2 atom stereocenters. The predicted octanol–water partition coefficient (Wildman–Crippen LogP) is 2.51. The van der Waals surface area contributed by atoms with Crippen molar-refractivity contribution in [2.75, 3.05) is 7.05 Å². The Morgan fingerprint density at radius 3 is 2.36 bits per heavy atom. The van der Waals surface area contributed by atoms with E-state index >= 15 is 0 Å². The number of likely N-dealkylation sites (N-methyl/N-ethyl adjacent to an activating group) is 1. The molecule has 2 unspecified atom stereocenters. The Hall–Kier alpha value is -2.46. The van der Waals surface area contributed by atoms with E-state index in [0.29, 0.717) is 10.6 Å². The van der Waals surface area contributed by atoms with Crippen LogP contribution in [0.4, 0.5) is 4.79 Å². The summed E-state index contributed by atoms with van der Waals surface area (Å²) in [5.41, 5.74) is 3.76. The maximum absolute atomic E-state index is 12.6. The number of urea groups is 1. The number of thiophene rings is 1. The van der Waals surface area contributed by atoms with Gasteiger partial charge in [-0.25, -0.2) is 4.79 Å². The third kappa shape index (κ3) is 6.11. The van der Waals surface area contributed by atoms with E-state index in [-0.39, 0.29) is 36.0 Å². The zero-order chi connectivity index (χ0) is 23.6. The molecule has 0 saturated heterocycles. The van der Waals surface area contributed by atoms with Gasteiger partial charge >= 0.3 is 41.6 Å². The van der Waals surface area contributed by atoms with E-state index in [0.717, 1.165) is 21.6 Å². The third-order valence-electron chi connectivity index (χ3n) is 5.40. The second-order valence-corrected chi connectivity index (χ2v) is 8.87. The van der Waals surface area contributed by atoms with Crippen molar-refractivity contribution in [3.63, 3.8) is 0 Å². The Morgan fingerprint density at radius 1 is 1.12 bits per heavy atom.